The number of rotatable bonds is 5. The van der Waals surface area contributed by atoms with Gasteiger partial charge < -0.3 is 10.1 Å². The van der Waals surface area contributed by atoms with Gasteiger partial charge in [0.15, 0.2) is 0 Å². The molecular weight excluding hydrogens is 178 g/mol. The SMILES string of the molecule is CCOCC(=O)NCC1CC=CCC1. The number of allylic oxidation sites excluding steroid dienone is 2. The second-order valence-corrected chi connectivity index (χ2v) is 3.59. The summed E-state index contributed by atoms with van der Waals surface area (Å²) < 4.78 is 5.01. The second-order valence-electron chi connectivity index (χ2n) is 3.59. The van der Waals surface area contributed by atoms with E-state index in [9.17, 15) is 4.79 Å². The van der Waals surface area contributed by atoms with Gasteiger partial charge in [-0.05, 0) is 32.1 Å². The molecule has 0 aromatic carbocycles. The summed E-state index contributed by atoms with van der Waals surface area (Å²) in [4.78, 5) is 11.2. The summed E-state index contributed by atoms with van der Waals surface area (Å²) in [7, 11) is 0. The molecule has 1 amide bonds. The van der Waals surface area contributed by atoms with Crippen LogP contribution in [0, 0.1) is 5.92 Å². The summed E-state index contributed by atoms with van der Waals surface area (Å²) in [5, 5.41) is 2.89. The van der Waals surface area contributed by atoms with Crippen LogP contribution < -0.4 is 5.32 Å². The van der Waals surface area contributed by atoms with E-state index in [0.717, 1.165) is 19.4 Å². The number of hydrogen-bond acceptors (Lipinski definition) is 2. The van der Waals surface area contributed by atoms with Crippen molar-refractivity contribution in [3.63, 3.8) is 0 Å². The van der Waals surface area contributed by atoms with Crippen LogP contribution in [-0.2, 0) is 9.53 Å². The van der Waals surface area contributed by atoms with E-state index in [1.807, 2.05) is 6.92 Å². The van der Waals surface area contributed by atoms with Crippen molar-refractivity contribution >= 4 is 5.91 Å². The number of ether oxygens (including phenoxy) is 1. The van der Waals surface area contributed by atoms with E-state index in [1.54, 1.807) is 0 Å². The number of carbonyl (C=O) groups excluding carboxylic acids is 1. The number of nitrogens with one attached hydrogen (secondary N) is 1. The monoisotopic (exact) mass is 197 g/mol. The van der Waals surface area contributed by atoms with Crippen molar-refractivity contribution in [2.24, 2.45) is 5.92 Å². The van der Waals surface area contributed by atoms with Crippen molar-refractivity contribution in [1.29, 1.82) is 0 Å². The highest BCUT2D eigenvalue weighted by Crippen LogP contribution is 2.16. The molecule has 0 bridgehead atoms. The van der Waals surface area contributed by atoms with Crippen LogP contribution in [0.2, 0.25) is 0 Å². The standard InChI is InChI=1S/C11H19NO2/c1-2-14-9-11(13)12-8-10-6-4-3-5-7-10/h3-4,10H,2,5-9H2,1H3,(H,12,13). The molecule has 80 valence electrons. The minimum atomic E-state index is 0.00130. The van der Waals surface area contributed by atoms with Gasteiger partial charge in [0.2, 0.25) is 5.91 Å². The van der Waals surface area contributed by atoms with Gasteiger partial charge >= 0.3 is 0 Å². The van der Waals surface area contributed by atoms with Crippen molar-refractivity contribution in [2.75, 3.05) is 19.8 Å². The number of amides is 1. The van der Waals surface area contributed by atoms with E-state index < -0.39 is 0 Å². The molecule has 14 heavy (non-hydrogen) atoms. The van der Waals surface area contributed by atoms with Crippen molar-refractivity contribution in [3.05, 3.63) is 12.2 Å². The van der Waals surface area contributed by atoms with E-state index >= 15 is 0 Å². The summed E-state index contributed by atoms with van der Waals surface area (Å²) >= 11 is 0. The Morgan fingerprint density at radius 1 is 1.57 bits per heavy atom. The third-order valence-corrected chi connectivity index (χ3v) is 2.40. The van der Waals surface area contributed by atoms with E-state index in [2.05, 4.69) is 17.5 Å². The smallest absolute Gasteiger partial charge is 0.246 e. The fourth-order valence-electron chi connectivity index (χ4n) is 1.55. The zero-order valence-electron chi connectivity index (χ0n) is 8.79. The predicted molar refractivity (Wildman–Crippen MR) is 56.0 cm³/mol. The quantitative estimate of drug-likeness (QED) is 0.678. The molecule has 3 heteroatoms. The minimum absolute atomic E-state index is 0.00130. The van der Waals surface area contributed by atoms with Gasteiger partial charge in [0.05, 0.1) is 0 Å². The maximum atomic E-state index is 11.2. The summed E-state index contributed by atoms with van der Waals surface area (Å²) in [5.41, 5.74) is 0. The van der Waals surface area contributed by atoms with E-state index in [0.29, 0.717) is 12.5 Å². The highest BCUT2D eigenvalue weighted by Gasteiger charge is 2.10. The topological polar surface area (TPSA) is 38.3 Å². The predicted octanol–water partition coefficient (Wildman–Crippen LogP) is 1.50. The zero-order chi connectivity index (χ0) is 10.2. The van der Waals surface area contributed by atoms with Gasteiger partial charge in [-0.15, -0.1) is 0 Å². The average molecular weight is 197 g/mol. The van der Waals surface area contributed by atoms with Crippen molar-refractivity contribution < 1.29 is 9.53 Å². The first kappa shape index (κ1) is 11.2. The molecule has 1 N–H and O–H groups in total. The summed E-state index contributed by atoms with van der Waals surface area (Å²) in [6.07, 6.45) is 7.83. The molecule has 0 radical (unpaired) electrons. The molecule has 1 atom stereocenters. The molecule has 0 fully saturated rings. The summed E-state index contributed by atoms with van der Waals surface area (Å²) in [6, 6.07) is 0. The lowest BCUT2D eigenvalue weighted by Gasteiger charge is -2.17. The third-order valence-electron chi connectivity index (χ3n) is 2.40. The lowest BCUT2D eigenvalue weighted by molar-refractivity contribution is -0.125. The Morgan fingerprint density at radius 2 is 2.43 bits per heavy atom. The summed E-state index contributed by atoms with van der Waals surface area (Å²) in [5.74, 6) is 0.618. The van der Waals surface area contributed by atoms with Crippen molar-refractivity contribution in [1.82, 2.24) is 5.32 Å². The van der Waals surface area contributed by atoms with E-state index in [1.165, 1.54) is 6.42 Å². The average Bonchev–Trinajstić information content (AvgIpc) is 2.25. The normalized spacial score (nSPS) is 20.8. The van der Waals surface area contributed by atoms with Gasteiger partial charge in [-0.2, -0.15) is 0 Å². The van der Waals surface area contributed by atoms with Gasteiger partial charge in [0.1, 0.15) is 6.61 Å². The van der Waals surface area contributed by atoms with Crippen molar-refractivity contribution in [3.8, 4) is 0 Å². The molecule has 1 aliphatic carbocycles. The molecule has 0 spiro atoms. The first-order valence-corrected chi connectivity index (χ1v) is 5.32. The lowest BCUT2D eigenvalue weighted by Crippen LogP contribution is -2.32. The maximum absolute atomic E-state index is 11.2. The zero-order valence-corrected chi connectivity index (χ0v) is 8.79. The third kappa shape index (κ3) is 4.42. The Balaban J connectivity index is 2.07. The molecule has 1 unspecified atom stereocenters. The fraction of sp³-hybridized carbons (Fsp3) is 0.727. The van der Waals surface area contributed by atoms with Crippen LogP contribution in [0.15, 0.2) is 12.2 Å². The molecule has 1 rings (SSSR count). The Bertz CT molecular complexity index is 201. The fourth-order valence-corrected chi connectivity index (χ4v) is 1.55. The van der Waals surface area contributed by atoms with Crippen molar-refractivity contribution in [2.45, 2.75) is 26.2 Å². The molecule has 0 heterocycles. The van der Waals surface area contributed by atoms with Crippen LogP contribution >= 0.6 is 0 Å². The largest absolute Gasteiger partial charge is 0.372 e. The molecule has 0 aromatic heterocycles. The lowest BCUT2D eigenvalue weighted by atomic mass is 9.94. The van der Waals surface area contributed by atoms with Gasteiger partial charge in [-0.1, -0.05) is 12.2 Å². The van der Waals surface area contributed by atoms with Crippen LogP contribution in [0.3, 0.4) is 0 Å². The Kier molecular flexibility index (Phi) is 5.30. The highest BCUT2D eigenvalue weighted by molar-refractivity contribution is 5.77. The first-order chi connectivity index (χ1) is 6.83. The van der Waals surface area contributed by atoms with Crippen LogP contribution in [-0.4, -0.2) is 25.7 Å². The molecular formula is C11H19NO2. The van der Waals surface area contributed by atoms with Crippen LogP contribution in [0.25, 0.3) is 0 Å². The van der Waals surface area contributed by atoms with Gasteiger partial charge in [0.25, 0.3) is 0 Å². The molecule has 0 aromatic rings. The Hall–Kier alpha value is -0.830. The van der Waals surface area contributed by atoms with Crippen LogP contribution in [0.1, 0.15) is 26.2 Å². The second kappa shape index (κ2) is 6.60. The van der Waals surface area contributed by atoms with Gasteiger partial charge in [-0.25, -0.2) is 0 Å². The van der Waals surface area contributed by atoms with Gasteiger partial charge in [-0.3, -0.25) is 4.79 Å². The maximum Gasteiger partial charge on any atom is 0.246 e. The van der Waals surface area contributed by atoms with Crippen LogP contribution in [0.4, 0.5) is 0 Å². The molecule has 0 saturated heterocycles. The highest BCUT2D eigenvalue weighted by atomic mass is 16.5. The molecule has 0 saturated carbocycles. The Labute approximate surface area is 85.5 Å². The van der Waals surface area contributed by atoms with E-state index in [4.69, 9.17) is 4.74 Å². The molecule has 3 nitrogen and oxygen atoms in total. The number of carbonyl (C=O) groups is 1. The van der Waals surface area contributed by atoms with E-state index in [-0.39, 0.29) is 12.5 Å². The first-order valence-electron chi connectivity index (χ1n) is 5.32. The summed E-state index contributed by atoms with van der Waals surface area (Å²) in [6.45, 7) is 3.47. The molecule has 1 aliphatic rings. The number of hydrogen-bond donors (Lipinski definition) is 1. The molecule has 0 aliphatic heterocycles. The van der Waals surface area contributed by atoms with Crippen LogP contribution in [0.5, 0.6) is 0 Å². The Morgan fingerprint density at radius 3 is 3.07 bits per heavy atom. The van der Waals surface area contributed by atoms with Gasteiger partial charge in [0, 0.05) is 13.2 Å². The minimum Gasteiger partial charge on any atom is -0.372 e.